The summed E-state index contributed by atoms with van der Waals surface area (Å²) in [5.41, 5.74) is -1.49. The molecule has 10 heteroatoms. The summed E-state index contributed by atoms with van der Waals surface area (Å²) < 4.78 is 60.5. The van der Waals surface area contributed by atoms with Crippen LogP contribution in [0.4, 0.5) is 22.4 Å². The second kappa shape index (κ2) is 10.1. The van der Waals surface area contributed by atoms with Crippen LogP contribution in [0.3, 0.4) is 0 Å². The maximum absolute atomic E-state index is 14.1. The summed E-state index contributed by atoms with van der Waals surface area (Å²) in [7, 11) is 0. The van der Waals surface area contributed by atoms with Crippen molar-refractivity contribution in [2.24, 2.45) is 5.92 Å². The summed E-state index contributed by atoms with van der Waals surface area (Å²) in [6, 6.07) is -0.323. The van der Waals surface area contributed by atoms with Crippen molar-refractivity contribution in [1.29, 1.82) is 0 Å². The lowest BCUT2D eigenvalue weighted by Gasteiger charge is -2.45. The second-order valence-corrected chi connectivity index (χ2v) is 10.9. The van der Waals surface area contributed by atoms with Crippen LogP contribution in [-0.2, 0) is 9.53 Å². The van der Waals surface area contributed by atoms with Crippen LogP contribution in [0.15, 0.2) is 12.3 Å². The molecule has 2 atom stereocenters. The van der Waals surface area contributed by atoms with E-state index in [0.717, 1.165) is 6.20 Å². The largest absolute Gasteiger partial charge is 0.436 e. The van der Waals surface area contributed by atoms with Crippen molar-refractivity contribution >= 4 is 12.0 Å². The fraction of sp³-hybridized carbons (Fsp3) is 0.708. The maximum atomic E-state index is 14.1. The molecule has 1 aromatic rings. The molecule has 2 amide bonds. The first-order chi connectivity index (χ1) is 15.4. The fourth-order valence-electron chi connectivity index (χ4n) is 4.55. The first-order valence-electron chi connectivity index (χ1n) is 11.4. The molecule has 1 N–H and O–H groups in total. The molecule has 0 unspecified atom stereocenters. The summed E-state index contributed by atoms with van der Waals surface area (Å²) >= 11 is 0. The van der Waals surface area contributed by atoms with Gasteiger partial charge in [0.05, 0.1) is 17.9 Å². The van der Waals surface area contributed by atoms with Crippen molar-refractivity contribution in [1.82, 2.24) is 15.2 Å². The van der Waals surface area contributed by atoms with Gasteiger partial charge in [-0.15, -0.1) is 0 Å². The summed E-state index contributed by atoms with van der Waals surface area (Å²) in [4.78, 5) is 31.6. The summed E-state index contributed by atoms with van der Waals surface area (Å²) in [6.07, 6.45) is -2.16. The molecule has 0 bridgehead atoms. The van der Waals surface area contributed by atoms with E-state index in [1.54, 1.807) is 0 Å². The Balaban J connectivity index is 2.30. The van der Waals surface area contributed by atoms with Crippen LogP contribution in [0.1, 0.15) is 85.9 Å². The number of amides is 2. The van der Waals surface area contributed by atoms with E-state index in [1.165, 1.54) is 11.8 Å². The van der Waals surface area contributed by atoms with Gasteiger partial charge in [-0.2, -0.15) is 0 Å². The molecular formula is C24H35F4N3O3. The summed E-state index contributed by atoms with van der Waals surface area (Å²) in [5.74, 6) is -6.02. The highest BCUT2D eigenvalue weighted by Gasteiger charge is 2.44. The standard InChI is InChI=1S/C24H35F4N3O3/c1-14(18-17(26)12-16(25)13-29-18)30-20(32)19(15-8-10-24(27,28)11-9-15)34-21(33)31(22(2,3)4)23(5,6)7/h12-15,19H,8-11H2,1-7H3,(H,30,32)/t14-,19-/m1/s1. The third-order valence-electron chi connectivity index (χ3n) is 5.81. The van der Waals surface area contributed by atoms with Crippen LogP contribution in [0.25, 0.3) is 0 Å². The lowest BCUT2D eigenvalue weighted by Crippen LogP contribution is -2.57. The van der Waals surface area contributed by atoms with E-state index in [0.29, 0.717) is 6.07 Å². The molecule has 0 spiro atoms. The van der Waals surface area contributed by atoms with Crippen LogP contribution < -0.4 is 5.32 Å². The van der Waals surface area contributed by atoms with E-state index >= 15 is 0 Å². The molecule has 192 valence electrons. The quantitative estimate of drug-likeness (QED) is 0.534. The van der Waals surface area contributed by atoms with Crippen molar-refractivity contribution in [2.45, 2.75) is 103 Å². The summed E-state index contributed by atoms with van der Waals surface area (Å²) in [5, 5.41) is 2.55. The van der Waals surface area contributed by atoms with Crippen molar-refractivity contribution in [3.05, 3.63) is 29.6 Å². The van der Waals surface area contributed by atoms with Crippen LogP contribution >= 0.6 is 0 Å². The Labute approximate surface area is 198 Å². The SMILES string of the molecule is C[C@@H](NC(=O)[C@H](OC(=O)N(C(C)(C)C)C(C)(C)C)C1CCC(F)(F)CC1)c1ncc(F)cc1F. The average Bonchev–Trinajstić information content (AvgIpc) is 2.63. The molecule has 34 heavy (non-hydrogen) atoms. The van der Waals surface area contributed by atoms with Gasteiger partial charge in [0.1, 0.15) is 11.6 Å². The number of hydrogen-bond acceptors (Lipinski definition) is 4. The number of rotatable bonds is 5. The van der Waals surface area contributed by atoms with Gasteiger partial charge in [-0.3, -0.25) is 14.7 Å². The van der Waals surface area contributed by atoms with Crippen LogP contribution in [0.5, 0.6) is 0 Å². The van der Waals surface area contributed by atoms with E-state index in [9.17, 15) is 27.2 Å². The van der Waals surface area contributed by atoms with Gasteiger partial charge in [0, 0.05) is 35.9 Å². The Kier molecular flexibility index (Phi) is 8.25. The number of hydrogen-bond donors (Lipinski definition) is 1. The number of aromatic nitrogens is 1. The zero-order valence-electron chi connectivity index (χ0n) is 20.8. The minimum atomic E-state index is -2.83. The van der Waals surface area contributed by atoms with Crippen molar-refractivity contribution < 1.29 is 31.9 Å². The number of nitrogens with zero attached hydrogens (tertiary/aromatic N) is 2. The Morgan fingerprint density at radius 3 is 2.12 bits per heavy atom. The molecule has 1 aliphatic rings. The molecule has 2 rings (SSSR count). The Morgan fingerprint density at radius 2 is 1.65 bits per heavy atom. The van der Waals surface area contributed by atoms with Gasteiger partial charge in [0.25, 0.3) is 5.91 Å². The Hall–Kier alpha value is -2.39. The number of pyridine rings is 1. The molecule has 1 aromatic heterocycles. The van der Waals surface area contributed by atoms with E-state index < -0.39 is 71.5 Å². The van der Waals surface area contributed by atoms with Gasteiger partial charge in [-0.1, -0.05) is 0 Å². The number of nitrogens with one attached hydrogen (secondary N) is 1. The maximum Gasteiger partial charge on any atom is 0.411 e. The number of ether oxygens (including phenoxy) is 1. The molecule has 0 aliphatic heterocycles. The van der Waals surface area contributed by atoms with Gasteiger partial charge in [-0.25, -0.2) is 22.4 Å². The molecule has 0 saturated heterocycles. The van der Waals surface area contributed by atoms with E-state index in [1.807, 2.05) is 41.5 Å². The third kappa shape index (κ3) is 7.06. The number of carbonyl (C=O) groups is 2. The normalized spacial score (nSPS) is 18.7. The minimum absolute atomic E-state index is 0.0130. The molecule has 0 radical (unpaired) electrons. The van der Waals surface area contributed by atoms with Gasteiger partial charge in [0.15, 0.2) is 6.10 Å². The Bertz CT molecular complexity index is 872. The second-order valence-electron chi connectivity index (χ2n) is 10.9. The van der Waals surface area contributed by atoms with Gasteiger partial charge in [0.2, 0.25) is 5.92 Å². The third-order valence-corrected chi connectivity index (χ3v) is 5.81. The first kappa shape index (κ1) is 27.9. The van der Waals surface area contributed by atoms with Gasteiger partial charge < -0.3 is 10.1 Å². The average molecular weight is 490 g/mol. The molecule has 1 aliphatic carbocycles. The lowest BCUT2D eigenvalue weighted by molar-refractivity contribution is -0.138. The monoisotopic (exact) mass is 489 g/mol. The predicted molar refractivity (Wildman–Crippen MR) is 119 cm³/mol. The number of carbonyl (C=O) groups excluding carboxylic acids is 2. The number of halogens is 4. The zero-order valence-corrected chi connectivity index (χ0v) is 20.8. The molecular weight excluding hydrogens is 454 g/mol. The first-order valence-corrected chi connectivity index (χ1v) is 11.4. The van der Waals surface area contributed by atoms with E-state index in [-0.39, 0.29) is 18.5 Å². The predicted octanol–water partition coefficient (Wildman–Crippen LogP) is 5.77. The Morgan fingerprint density at radius 1 is 1.12 bits per heavy atom. The smallest absolute Gasteiger partial charge is 0.411 e. The van der Waals surface area contributed by atoms with Crippen LogP contribution in [0.2, 0.25) is 0 Å². The van der Waals surface area contributed by atoms with Gasteiger partial charge >= 0.3 is 6.09 Å². The fourth-order valence-corrected chi connectivity index (χ4v) is 4.55. The van der Waals surface area contributed by atoms with E-state index in [2.05, 4.69) is 10.3 Å². The molecule has 1 heterocycles. The topological polar surface area (TPSA) is 71.5 Å². The highest BCUT2D eigenvalue weighted by molar-refractivity contribution is 5.84. The molecule has 1 fully saturated rings. The highest BCUT2D eigenvalue weighted by Crippen LogP contribution is 2.39. The zero-order chi connectivity index (χ0) is 26.1. The highest BCUT2D eigenvalue weighted by atomic mass is 19.3. The van der Waals surface area contributed by atoms with E-state index in [4.69, 9.17) is 4.74 Å². The van der Waals surface area contributed by atoms with Gasteiger partial charge in [-0.05, 0) is 61.3 Å². The number of alkyl halides is 2. The van der Waals surface area contributed by atoms with Crippen molar-refractivity contribution in [2.75, 3.05) is 0 Å². The molecule has 6 nitrogen and oxygen atoms in total. The van der Waals surface area contributed by atoms with Crippen molar-refractivity contribution in [3.8, 4) is 0 Å². The molecule has 0 aromatic carbocycles. The van der Waals surface area contributed by atoms with Crippen LogP contribution in [-0.4, -0.2) is 45.0 Å². The molecule has 1 saturated carbocycles. The summed E-state index contributed by atoms with van der Waals surface area (Å²) in [6.45, 7) is 12.4. The lowest BCUT2D eigenvalue weighted by atomic mass is 9.82. The van der Waals surface area contributed by atoms with Crippen molar-refractivity contribution in [3.63, 3.8) is 0 Å². The minimum Gasteiger partial charge on any atom is -0.436 e. The van der Waals surface area contributed by atoms with Crippen LogP contribution in [0, 0.1) is 17.6 Å².